The van der Waals surface area contributed by atoms with Crippen molar-refractivity contribution in [3.63, 3.8) is 0 Å². The van der Waals surface area contributed by atoms with Gasteiger partial charge in [-0.05, 0) is 55.0 Å². The molecule has 0 radical (unpaired) electrons. The molecule has 0 saturated carbocycles. The van der Waals surface area contributed by atoms with Crippen molar-refractivity contribution in [3.8, 4) is 34.8 Å². The SMILES string of the molecule is C=CC(=O)OCc1c(OC/C=C/c2ccc(OC(=O)C=C)cc2)c(OC(=O)C=C)cc(C#Cc2ccc(OC(=O)C(=C)C)cc2)c1C(F)(F)F. The molecule has 0 fully saturated rings. The number of alkyl halides is 3. The molecule has 0 N–H and O–H groups in total. The molecule has 0 bridgehead atoms. The first-order valence-electron chi connectivity index (χ1n) is 14.4. The summed E-state index contributed by atoms with van der Waals surface area (Å²) in [6.07, 6.45) is 0.532. The molecular weight excluding hydrogens is 657 g/mol. The summed E-state index contributed by atoms with van der Waals surface area (Å²) in [7, 11) is 0. The van der Waals surface area contributed by atoms with Gasteiger partial charge in [-0.3, -0.25) is 0 Å². The minimum atomic E-state index is -5.06. The third kappa shape index (κ3) is 11.0. The highest BCUT2D eigenvalue weighted by molar-refractivity contribution is 5.88. The van der Waals surface area contributed by atoms with Gasteiger partial charge in [-0.1, -0.05) is 56.4 Å². The van der Waals surface area contributed by atoms with Crippen LogP contribution < -0.4 is 18.9 Å². The molecule has 0 amide bonds. The van der Waals surface area contributed by atoms with Crippen molar-refractivity contribution in [1.82, 2.24) is 0 Å². The lowest BCUT2D eigenvalue weighted by Crippen LogP contribution is -2.17. The van der Waals surface area contributed by atoms with E-state index >= 15 is 0 Å². The Morgan fingerprint density at radius 3 is 1.96 bits per heavy atom. The minimum absolute atomic E-state index is 0.158. The van der Waals surface area contributed by atoms with Crippen LogP contribution in [0.25, 0.3) is 6.08 Å². The van der Waals surface area contributed by atoms with Gasteiger partial charge < -0.3 is 23.7 Å². The second-order valence-corrected chi connectivity index (χ2v) is 9.89. The van der Waals surface area contributed by atoms with Crippen LogP contribution in [0.2, 0.25) is 0 Å². The standard InChI is InChI=1S/C38H29F3O9/c1-6-32(42)47-23-30-35(38(39,40)41)27(16-11-26-14-19-29(20-15-26)49-37(45)24(4)5)22-31(50-34(44)8-3)36(30)46-21-9-10-25-12-17-28(18-13-25)48-33(43)7-2/h6-10,12-15,17-20,22H,1-4,21,23H2,5H3/b10-9+. The van der Waals surface area contributed by atoms with E-state index < -0.39 is 64.8 Å². The van der Waals surface area contributed by atoms with E-state index in [1.54, 1.807) is 18.2 Å². The molecule has 0 aromatic heterocycles. The second kappa shape index (κ2) is 17.5. The van der Waals surface area contributed by atoms with Crippen molar-refractivity contribution in [2.45, 2.75) is 19.7 Å². The molecule has 3 aromatic rings. The van der Waals surface area contributed by atoms with E-state index in [-0.39, 0.29) is 29.2 Å². The first-order valence-corrected chi connectivity index (χ1v) is 14.4. The summed E-state index contributed by atoms with van der Waals surface area (Å²) in [4.78, 5) is 47.4. The van der Waals surface area contributed by atoms with Gasteiger partial charge in [-0.15, -0.1) is 0 Å². The fourth-order valence-electron chi connectivity index (χ4n) is 3.90. The van der Waals surface area contributed by atoms with Crippen LogP contribution in [0.4, 0.5) is 13.2 Å². The Kier molecular flexibility index (Phi) is 13.3. The third-order valence-corrected chi connectivity index (χ3v) is 6.18. The smallest absolute Gasteiger partial charge is 0.418 e. The third-order valence-electron chi connectivity index (χ3n) is 6.18. The number of benzene rings is 3. The number of rotatable bonds is 13. The highest BCUT2D eigenvalue weighted by Gasteiger charge is 2.39. The van der Waals surface area contributed by atoms with Gasteiger partial charge in [-0.2, -0.15) is 13.2 Å². The van der Waals surface area contributed by atoms with Crippen molar-refractivity contribution in [1.29, 1.82) is 0 Å². The van der Waals surface area contributed by atoms with Gasteiger partial charge in [0.15, 0.2) is 11.5 Å². The van der Waals surface area contributed by atoms with E-state index in [4.69, 9.17) is 23.7 Å². The van der Waals surface area contributed by atoms with Gasteiger partial charge in [0.2, 0.25) is 0 Å². The molecule has 9 nitrogen and oxygen atoms in total. The molecule has 0 aliphatic rings. The van der Waals surface area contributed by atoms with Gasteiger partial charge in [-0.25, -0.2) is 19.2 Å². The number of esters is 4. The van der Waals surface area contributed by atoms with Crippen molar-refractivity contribution in [2.75, 3.05) is 6.61 Å². The monoisotopic (exact) mass is 686 g/mol. The van der Waals surface area contributed by atoms with E-state index in [0.717, 1.165) is 24.3 Å². The van der Waals surface area contributed by atoms with Crippen LogP contribution in [0, 0.1) is 11.8 Å². The Morgan fingerprint density at radius 1 is 0.800 bits per heavy atom. The van der Waals surface area contributed by atoms with E-state index in [1.165, 1.54) is 49.4 Å². The summed E-state index contributed by atoms with van der Waals surface area (Å²) < 4.78 is 70.4. The zero-order valence-electron chi connectivity index (χ0n) is 26.6. The first kappa shape index (κ1) is 37.8. The summed E-state index contributed by atoms with van der Waals surface area (Å²) >= 11 is 0. The largest absolute Gasteiger partial charge is 0.485 e. The summed E-state index contributed by atoms with van der Waals surface area (Å²) in [6, 6.07) is 12.7. The molecule has 0 unspecified atom stereocenters. The van der Waals surface area contributed by atoms with E-state index in [9.17, 15) is 32.3 Å². The van der Waals surface area contributed by atoms with Crippen molar-refractivity contribution in [2.24, 2.45) is 0 Å². The molecule has 0 aliphatic carbocycles. The normalized spacial score (nSPS) is 10.6. The average Bonchev–Trinajstić information content (AvgIpc) is 3.09. The van der Waals surface area contributed by atoms with Crippen LogP contribution in [-0.2, 0) is 36.7 Å². The maximum absolute atomic E-state index is 14.8. The minimum Gasteiger partial charge on any atom is -0.485 e. The molecule has 0 atom stereocenters. The van der Waals surface area contributed by atoms with Crippen LogP contribution in [-0.4, -0.2) is 30.5 Å². The Balaban J connectivity index is 2.08. The summed E-state index contributed by atoms with van der Waals surface area (Å²) in [5, 5.41) is 0. The van der Waals surface area contributed by atoms with Gasteiger partial charge in [0.1, 0.15) is 24.7 Å². The van der Waals surface area contributed by atoms with Crippen LogP contribution in [0.3, 0.4) is 0 Å². The van der Waals surface area contributed by atoms with E-state index in [2.05, 4.69) is 38.2 Å². The van der Waals surface area contributed by atoms with Gasteiger partial charge >= 0.3 is 30.1 Å². The number of hydrogen-bond donors (Lipinski definition) is 0. The maximum atomic E-state index is 14.8. The lowest BCUT2D eigenvalue weighted by atomic mass is 9.98. The summed E-state index contributed by atoms with van der Waals surface area (Å²) in [6.45, 7) is 13.6. The predicted octanol–water partition coefficient (Wildman–Crippen LogP) is 7.09. The predicted molar refractivity (Wildman–Crippen MR) is 177 cm³/mol. The molecule has 0 saturated heterocycles. The number of hydrogen-bond acceptors (Lipinski definition) is 9. The maximum Gasteiger partial charge on any atom is 0.418 e. The highest BCUT2D eigenvalue weighted by Crippen LogP contribution is 2.44. The number of carbonyl (C=O) groups excluding carboxylic acids is 4. The fraction of sp³-hybridized carbons (Fsp3) is 0.105. The molecule has 0 heterocycles. The van der Waals surface area contributed by atoms with Crippen molar-refractivity contribution < 1.29 is 56.0 Å². The first-order chi connectivity index (χ1) is 23.7. The lowest BCUT2D eigenvalue weighted by molar-refractivity contribution is -0.144. The highest BCUT2D eigenvalue weighted by atomic mass is 19.4. The molecular formula is C38H29F3O9. The second-order valence-electron chi connectivity index (χ2n) is 9.89. The fourth-order valence-corrected chi connectivity index (χ4v) is 3.90. The summed E-state index contributed by atoms with van der Waals surface area (Å²) in [5.74, 6) is 1.12. The number of carbonyl (C=O) groups is 4. The Morgan fingerprint density at radius 2 is 1.38 bits per heavy atom. The molecule has 256 valence electrons. The van der Waals surface area contributed by atoms with Crippen LogP contribution in [0.5, 0.6) is 23.0 Å². The number of halogens is 3. The van der Waals surface area contributed by atoms with E-state index in [0.29, 0.717) is 5.56 Å². The molecule has 12 heteroatoms. The molecule has 0 aliphatic heterocycles. The molecule has 3 aromatic carbocycles. The Hall–Kier alpha value is -6.61. The van der Waals surface area contributed by atoms with E-state index in [1.807, 2.05) is 0 Å². The van der Waals surface area contributed by atoms with Crippen LogP contribution in [0.1, 0.15) is 34.7 Å². The average molecular weight is 687 g/mol. The molecule has 0 spiro atoms. The molecule has 50 heavy (non-hydrogen) atoms. The van der Waals surface area contributed by atoms with Crippen LogP contribution in [0.15, 0.2) is 111 Å². The summed E-state index contributed by atoms with van der Waals surface area (Å²) in [5.41, 5.74) is -1.60. The quantitative estimate of drug-likeness (QED) is 0.0805. The van der Waals surface area contributed by atoms with Gasteiger partial charge in [0.25, 0.3) is 0 Å². The van der Waals surface area contributed by atoms with Crippen LogP contribution >= 0.6 is 0 Å². The zero-order chi connectivity index (χ0) is 36.8. The topological polar surface area (TPSA) is 114 Å². The van der Waals surface area contributed by atoms with Crippen molar-refractivity contribution in [3.05, 3.63) is 139 Å². The Bertz CT molecular complexity index is 1910. The Labute approximate surface area is 285 Å². The lowest BCUT2D eigenvalue weighted by Gasteiger charge is -2.21. The van der Waals surface area contributed by atoms with Crippen molar-refractivity contribution >= 4 is 30.0 Å². The zero-order valence-corrected chi connectivity index (χ0v) is 26.6. The van der Waals surface area contributed by atoms with Gasteiger partial charge in [0, 0.05) is 46.6 Å². The molecule has 3 rings (SSSR count). The van der Waals surface area contributed by atoms with Gasteiger partial charge in [0.05, 0.1) is 5.56 Å². The number of ether oxygens (including phenoxy) is 5.